The van der Waals surface area contributed by atoms with Crippen LogP contribution in [0.25, 0.3) is 0 Å². The molecule has 2 N–H and O–H groups in total. The first-order valence-corrected chi connectivity index (χ1v) is 6.69. The fourth-order valence-corrected chi connectivity index (χ4v) is 2.26. The second kappa shape index (κ2) is 5.04. The molecule has 0 radical (unpaired) electrons. The smallest absolute Gasteiger partial charge is 0.153 e. The lowest BCUT2D eigenvalue weighted by Gasteiger charge is -2.16. The van der Waals surface area contributed by atoms with Crippen molar-refractivity contribution < 1.29 is 0 Å². The van der Waals surface area contributed by atoms with E-state index >= 15 is 0 Å². The van der Waals surface area contributed by atoms with E-state index in [0.29, 0.717) is 0 Å². The molecule has 3 rings (SSSR count). The van der Waals surface area contributed by atoms with Crippen molar-refractivity contribution in [3.8, 4) is 0 Å². The fourth-order valence-electron chi connectivity index (χ4n) is 1.99. The predicted molar refractivity (Wildman–Crippen MR) is 74.9 cm³/mol. The van der Waals surface area contributed by atoms with E-state index in [0.717, 1.165) is 41.2 Å². The van der Waals surface area contributed by atoms with Crippen LogP contribution in [-0.2, 0) is 13.0 Å². The molecule has 0 spiro atoms. The molecule has 1 aromatic carbocycles. The van der Waals surface area contributed by atoms with E-state index in [1.165, 1.54) is 5.56 Å². The van der Waals surface area contributed by atoms with Gasteiger partial charge in [-0.05, 0) is 48.9 Å². The minimum absolute atomic E-state index is 0.804. The summed E-state index contributed by atoms with van der Waals surface area (Å²) in [4.78, 5) is 0. The van der Waals surface area contributed by atoms with Crippen LogP contribution in [0.2, 0.25) is 0 Å². The van der Waals surface area contributed by atoms with Gasteiger partial charge in [0.2, 0.25) is 0 Å². The van der Waals surface area contributed by atoms with Crippen LogP contribution in [0.4, 0.5) is 11.5 Å². The van der Waals surface area contributed by atoms with Crippen LogP contribution >= 0.6 is 15.9 Å². The molecule has 1 aromatic heterocycles. The van der Waals surface area contributed by atoms with E-state index in [9.17, 15) is 0 Å². The van der Waals surface area contributed by atoms with Crippen molar-refractivity contribution in [3.05, 3.63) is 46.1 Å². The van der Waals surface area contributed by atoms with Crippen molar-refractivity contribution in [2.75, 3.05) is 11.9 Å². The van der Waals surface area contributed by atoms with Gasteiger partial charge < -0.3 is 10.6 Å². The number of hydrogen-bond donors (Lipinski definition) is 2. The van der Waals surface area contributed by atoms with Gasteiger partial charge in [0.05, 0.1) is 5.69 Å². The third kappa shape index (κ3) is 2.52. The maximum atomic E-state index is 4.25. The first kappa shape index (κ1) is 11.6. The Morgan fingerprint density at radius 3 is 2.83 bits per heavy atom. The van der Waals surface area contributed by atoms with Crippen LogP contribution in [0.1, 0.15) is 11.3 Å². The zero-order chi connectivity index (χ0) is 12.4. The van der Waals surface area contributed by atoms with Gasteiger partial charge in [-0.2, -0.15) is 5.10 Å². The third-order valence-corrected chi connectivity index (χ3v) is 3.47. The van der Waals surface area contributed by atoms with E-state index < -0.39 is 0 Å². The number of nitrogens with zero attached hydrogens (tertiary/aromatic N) is 2. The number of benzene rings is 1. The number of rotatable bonds is 2. The lowest BCUT2D eigenvalue weighted by molar-refractivity contribution is 0.617. The molecular weight excluding hydrogens is 292 g/mol. The van der Waals surface area contributed by atoms with Crippen LogP contribution in [-0.4, -0.2) is 16.7 Å². The van der Waals surface area contributed by atoms with Gasteiger partial charge in [0, 0.05) is 16.7 Å². The highest BCUT2D eigenvalue weighted by Crippen LogP contribution is 2.20. The minimum Gasteiger partial charge on any atom is -0.339 e. The molecule has 18 heavy (non-hydrogen) atoms. The maximum absolute atomic E-state index is 4.25. The van der Waals surface area contributed by atoms with Crippen molar-refractivity contribution in [2.45, 2.75) is 13.0 Å². The van der Waals surface area contributed by atoms with E-state index in [2.05, 4.69) is 42.8 Å². The molecule has 0 unspecified atom stereocenters. The van der Waals surface area contributed by atoms with Gasteiger partial charge in [-0.1, -0.05) is 15.9 Å². The summed E-state index contributed by atoms with van der Waals surface area (Å²) in [5, 5.41) is 15.0. The molecule has 92 valence electrons. The second-order valence-electron chi connectivity index (χ2n) is 4.26. The third-order valence-electron chi connectivity index (χ3n) is 2.94. The Morgan fingerprint density at radius 2 is 2.00 bits per heavy atom. The van der Waals surface area contributed by atoms with Crippen molar-refractivity contribution in [2.24, 2.45) is 0 Å². The SMILES string of the molecule is Brc1ccc(Nc2cc3c(nn2)CNCC3)cc1. The molecule has 0 saturated heterocycles. The summed E-state index contributed by atoms with van der Waals surface area (Å²) in [5.74, 6) is 0.804. The molecule has 1 aliphatic heterocycles. The quantitative estimate of drug-likeness (QED) is 0.895. The Balaban J connectivity index is 1.82. The van der Waals surface area contributed by atoms with Gasteiger partial charge in [-0.3, -0.25) is 0 Å². The van der Waals surface area contributed by atoms with Gasteiger partial charge in [-0.15, -0.1) is 5.10 Å². The van der Waals surface area contributed by atoms with Crippen molar-refractivity contribution in [3.63, 3.8) is 0 Å². The van der Waals surface area contributed by atoms with Crippen LogP contribution in [0.5, 0.6) is 0 Å². The molecule has 0 amide bonds. The average Bonchev–Trinajstić information content (AvgIpc) is 2.41. The molecule has 0 bridgehead atoms. The average molecular weight is 305 g/mol. The zero-order valence-electron chi connectivity index (χ0n) is 9.78. The normalized spacial score (nSPS) is 14.1. The van der Waals surface area contributed by atoms with Crippen molar-refractivity contribution in [1.82, 2.24) is 15.5 Å². The van der Waals surface area contributed by atoms with E-state index in [1.54, 1.807) is 0 Å². The molecule has 2 aromatic rings. The van der Waals surface area contributed by atoms with Gasteiger partial charge >= 0.3 is 0 Å². The summed E-state index contributed by atoms with van der Waals surface area (Å²) < 4.78 is 1.07. The largest absolute Gasteiger partial charge is 0.339 e. The topological polar surface area (TPSA) is 49.8 Å². The molecular formula is C13H13BrN4. The standard InChI is InChI=1S/C13H13BrN4/c14-10-1-3-11(4-2-10)16-13-7-9-5-6-15-8-12(9)17-18-13/h1-4,7,15H,5-6,8H2,(H,16,18). The number of fused-ring (bicyclic) bond motifs is 1. The van der Waals surface area contributed by atoms with Gasteiger partial charge in [0.1, 0.15) is 0 Å². The number of hydrogen-bond acceptors (Lipinski definition) is 4. The van der Waals surface area contributed by atoms with E-state index in [-0.39, 0.29) is 0 Å². The van der Waals surface area contributed by atoms with Crippen LogP contribution in [0.3, 0.4) is 0 Å². The molecule has 4 nitrogen and oxygen atoms in total. The second-order valence-corrected chi connectivity index (χ2v) is 5.18. The molecule has 0 fully saturated rings. The summed E-state index contributed by atoms with van der Waals surface area (Å²) in [5.41, 5.74) is 3.35. The lowest BCUT2D eigenvalue weighted by Crippen LogP contribution is -2.25. The number of anilines is 2. The van der Waals surface area contributed by atoms with Crippen molar-refractivity contribution in [1.29, 1.82) is 0 Å². The maximum Gasteiger partial charge on any atom is 0.153 e. The lowest BCUT2D eigenvalue weighted by atomic mass is 10.1. The Morgan fingerprint density at radius 1 is 1.17 bits per heavy atom. The fraction of sp³-hybridized carbons (Fsp3) is 0.231. The monoisotopic (exact) mass is 304 g/mol. The Bertz CT molecular complexity index is 553. The molecule has 0 saturated carbocycles. The van der Waals surface area contributed by atoms with E-state index in [1.807, 2.05) is 24.3 Å². The molecule has 2 heterocycles. The zero-order valence-corrected chi connectivity index (χ0v) is 11.4. The van der Waals surface area contributed by atoms with Gasteiger partial charge in [0.15, 0.2) is 5.82 Å². The first-order valence-electron chi connectivity index (χ1n) is 5.90. The summed E-state index contributed by atoms with van der Waals surface area (Å²) >= 11 is 3.42. The highest BCUT2D eigenvalue weighted by atomic mass is 79.9. The van der Waals surface area contributed by atoms with Gasteiger partial charge in [-0.25, -0.2) is 0 Å². The number of aromatic nitrogens is 2. The predicted octanol–water partition coefficient (Wildman–Crippen LogP) is 2.63. The van der Waals surface area contributed by atoms with Crippen LogP contribution < -0.4 is 10.6 Å². The van der Waals surface area contributed by atoms with E-state index in [4.69, 9.17) is 0 Å². The summed E-state index contributed by atoms with van der Waals surface area (Å²) in [7, 11) is 0. The Kier molecular flexibility index (Phi) is 3.25. The first-order chi connectivity index (χ1) is 8.81. The highest BCUT2D eigenvalue weighted by molar-refractivity contribution is 9.10. The molecule has 1 aliphatic rings. The molecule has 0 aliphatic carbocycles. The van der Waals surface area contributed by atoms with Crippen molar-refractivity contribution >= 4 is 27.4 Å². The summed E-state index contributed by atoms with van der Waals surface area (Å²) in [6, 6.07) is 10.1. The Hall–Kier alpha value is -1.46. The Labute approximate surface area is 114 Å². The number of halogens is 1. The molecule has 0 atom stereocenters. The summed E-state index contributed by atoms with van der Waals surface area (Å²) in [6.07, 6.45) is 1.01. The minimum atomic E-state index is 0.804. The van der Waals surface area contributed by atoms with Crippen LogP contribution in [0.15, 0.2) is 34.8 Å². The number of nitrogens with one attached hydrogen (secondary N) is 2. The molecule has 5 heteroatoms. The van der Waals surface area contributed by atoms with Crippen LogP contribution in [0, 0.1) is 0 Å². The summed E-state index contributed by atoms with van der Waals surface area (Å²) in [6.45, 7) is 1.83. The highest BCUT2D eigenvalue weighted by Gasteiger charge is 2.11. The van der Waals surface area contributed by atoms with Gasteiger partial charge in [0.25, 0.3) is 0 Å².